The molecule has 4 aromatic rings. The molecule has 6 nitrogen and oxygen atoms in total. The number of benzene rings is 2. The number of nitrogens with zero attached hydrogens (tertiary/aromatic N) is 6. The average Bonchev–Trinajstić information content (AvgIpc) is 3.19. The third-order valence-corrected chi connectivity index (χ3v) is 5.07. The molecule has 2 aromatic heterocycles. The van der Waals surface area contributed by atoms with Crippen molar-refractivity contribution in [2.24, 2.45) is 0 Å². The molecule has 0 bridgehead atoms. The van der Waals surface area contributed by atoms with Crippen molar-refractivity contribution >= 4 is 22.1 Å². The van der Waals surface area contributed by atoms with Crippen LogP contribution in [0.4, 0.5) is 0 Å². The molecule has 0 saturated heterocycles. The summed E-state index contributed by atoms with van der Waals surface area (Å²) >= 11 is 0. The second-order valence-corrected chi connectivity index (χ2v) is 7.07. The Morgan fingerprint density at radius 2 is 0.792 bits per heavy atom. The van der Waals surface area contributed by atoms with Crippen molar-refractivity contribution in [3.05, 3.63) is 48.5 Å². The Morgan fingerprint density at radius 1 is 0.542 bits per heavy atom. The maximum absolute atomic E-state index is 4.67. The maximum atomic E-state index is 4.67. The second-order valence-electron chi connectivity index (χ2n) is 7.07. The molecule has 0 spiro atoms. The Labute approximate surface area is 140 Å². The smallest absolute Gasteiger partial charge is 0.113 e. The van der Waals surface area contributed by atoms with Crippen molar-refractivity contribution in [3.63, 3.8) is 0 Å². The molecule has 6 heteroatoms. The molecule has 2 heterocycles. The van der Waals surface area contributed by atoms with E-state index >= 15 is 0 Å². The highest BCUT2D eigenvalue weighted by Gasteiger charge is 2.44. The van der Waals surface area contributed by atoms with E-state index < -0.39 is 11.1 Å². The summed E-state index contributed by atoms with van der Waals surface area (Å²) in [7, 11) is 0. The molecular formula is C18H20N6. The van der Waals surface area contributed by atoms with Gasteiger partial charge in [0.15, 0.2) is 0 Å². The predicted molar refractivity (Wildman–Crippen MR) is 93.7 cm³/mol. The standard InChI is InChI=1S/C18H20N6/c1-17(2,23-19-13-9-5-6-10-14(13)20-23)18(3,4)24-21-15-11-7-8-12-16(15)22-24/h5-12H,1-4H3. The van der Waals surface area contributed by atoms with E-state index in [2.05, 4.69) is 48.1 Å². The van der Waals surface area contributed by atoms with Crippen molar-refractivity contribution in [1.82, 2.24) is 30.0 Å². The first-order chi connectivity index (χ1) is 11.4. The Hall–Kier alpha value is -2.76. The van der Waals surface area contributed by atoms with Crippen LogP contribution in [-0.4, -0.2) is 30.0 Å². The molecule has 24 heavy (non-hydrogen) atoms. The number of rotatable bonds is 3. The van der Waals surface area contributed by atoms with Gasteiger partial charge in [-0.05, 0) is 52.0 Å². The Bertz CT molecular complexity index is 874. The summed E-state index contributed by atoms with van der Waals surface area (Å²) in [5.74, 6) is 0. The minimum Gasteiger partial charge on any atom is -0.176 e. The largest absolute Gasteiger partial charge is 0.176 e. The molecule has 0 unspecified atom stereocenters. The fourth-order valence-electron chi connectivity index (χ4n) is 2.71. The van der Waals surface area contributed by atoms with Crippen molar-refractivity contribution in [3.8, 4) is 0 Å². The van der Waals surface area contributed by atoms with Crippen LogP contribution in [-0.2, 0) is 11.1 Å². The monoisotopic (exact) mass is 320 g/mol. The predicted octanol–water partition coefficient (Wildman–Crippen LogP) is 3.35. The average molecular weight is 320 g/mol. The zero-order valence-corrected chi connectivity index (χ0v) is 14.3. The van der Waals surface area contributed by atoms with Gasteiger partial charge in [0.25, 0.3) is 0 Å². The summed E-state index contributed by atoms with van der Waals surface area (Å²) in [5, 5.41) is 18.7. The summed E-state index contributed by atoms with van der Waals surface area (Å²) in [4.78, 5) is 3.57. The Morgan fingerprint density at radius 3 is 1.04 bits per heavy atom. The molecule has 0 aliphatic heterocycles. The van der Waals surface area contributed by atoms with Gasteiger partial charge in [0.2, 0.25) is 0 Å². The topological polar surface area (TPSA) is 61.4 Å². The lowest BCUT2D eigenvalue weighted by Gasteiger charge is -2.39. The summed E-state index contributed by atoms with van der Waals surface area (Å²) < 4.78 is 0. The molecule has 0 saturated carbocycles. The van der Waals surface area contributed by atoms with Crippen molar-refractivity contribution in [2.45, 2.75) is 38.8 Å². The summed E-state index contributed by atoms with van der Waals surface area (Å²) in [5.41, 5.74) is 2.70. The zero-order valence-electron chi connectivity index (χ0n) is 14.3. The molecule has 122 valence electrons. The van der Waals surface area contributed by atoms with Crippen LogP contribution in [0.3, 0.4) is 0 Å². The van der Waals surface area contributed by atoms with Crippen LogP contribution in [0, 0.1) is 0 Å². The quantitative estimate of drug-likeness (QED) is 0.581. The van der Waals surface area contributed by atoms with Crippen molar-refractivity contribution in [1.29, 1.82) is 0 Å². The summed E-state index contributed by atoms with van der Waals surface area (Å²) in [6.45, 7) is 8.44. The number of hydrogen-bond acceptors (Lipinski definition) is 4. The lowest BCUT2D eigenvalue weighted by molar-refractivity contribution is 0.0719. The molecule has 2 aromatic carbocycles. The van der Waals surface area contributed by atoms with Crippen molar-refractivity contribution in [2.75, 3.05) is 0 Å². The van der Waals surface area contributed by atoms with E-state index in [0.29, 0.717) is 0 Å². The lowest BCUT2D eigenvalue weighted by Crippen LogP contribution is -2.51. The first kappa shape index (κ1) is 14.8. The lowest BCUT2D eigenvalue weighted by atomic mass is 9.83. The van der Waals surface area contributed by atoms with E-state index in [1.807, 2.05) is 48.5 Å². The highest BCUT2D eigenvalue weighted by atomic mass is 15.6. The van der Waals surface area contributed by atoms with Gasteiger partial charge in [-0.25, -0.2) is 0 Å². The van der Waals surface area contributed by atoms with E-state index in [1.54, 1.807) is 9.59 Å². The molecule has 0 aliphatic rings. The maximum Gasteiger partial charge on any atom is 0.113 e. The second kappa shape index (κ2) is 4.87. The Kier molecular flexibility index (Phi) is 3.00. The van der Waals surface area contributed by atoms with Crippen LogP contribution in [0.2, 0.25) is 0 Å². The van der Waals surface area contributed by atoms with Crippen LogP contribution in [0.25, 0.3) is 22.1 Å². The van der Waals surface area contributed by atoms with Gasteiger partial charge in [0, 0.05) is 0 Å². The van der Waals surface area contributed by atoms with Gasteiger partial charge in [-0.15, -0.1) is 0 Å². The molecule has 0 fully saturated rings. The summed E-state index contributed by atoms with van der Waals surface area (Å²) in [6.07, 6.45) is 0. The van der Waals surface area contributed by atoms with Crippen LogP contribution in [0.1, 0.15) is 27.7 Å². The first-order valence-corrected chi connectivity index (χ1v) is 8.05. The van der Waals surface area contributed by atoms with E-state index in [-0.39, 0.29) is 0 Å². The van der Waals surface area contributed by atoms with Gasteiger partial charge in [-0.1, -0.05) is 24.3 Å². The van der Waals surface area contributed by atoms with Gasteiger partial charge in [-0.2, -0.15) is 30.0 Å². The first-order valence-electron chi connectivity index (χ1n) is 8.05. The van der Waals surface area contributed by atoms with Crippen LogP contribution in [0.15, 0.2) is 48.5 Å². The fraction of sp³-hybridized carbons (Fsp3) is 0.333. The number of aromatic nitrogens is 6. The molecular weight excluding hydrogens is 300 g/mol. The van der Waals surface area contributed by atoms with Gasteiger partial charge in [0.1, 0.15) is 33.1 Å². The van der Waals surface area contributed by atoms with Gasteiger partial charge >= 0.3 is 0 Å². The van der Waals surface area contributed by atoms with E-state index in [0.717, 1.165) is 22.1 Å². The minimum atomic E-state index is -0.430. The van der Waals surface area contributed by atoms with E-state index in [9.17, 15) is 0 Å². The third kappa shape index (κ3) is 2.02. The molecule has 0 aliphatic carbocycles. The molecule has 0 atom stereocenters. The van der Waals surface area contributed by atoms with Gasteiger partial charge in [0.05, 0.1) is 0 Å². The highest BCUT2D eigenvalue weighted by Crippen LogP contribution is 2.34. The van der Waals surface area contributed by atoms with Gasteiger partial charge < -0.3 is 0 Å². The van der Waals surface area contributed by atoms with Crippen LogP contribution >= 0.6 is 0 Å². The van der Waals surface area contributed by atoms with E-state index in [4.69, 9.17) is 0 Å². The van der Waals surface area contributed by atoms with Crippen LogP contribution < -0.4 is 0 Å². The molecule has 4 rings (SSSR count). The van der Waals surface area contributed by atoms with E-state index in [1.165, 1.54) is 0 Å². The molecule has 0 radical (unpaired) electrons. The molecule has 0 amide bonds. The highest BCUT2D eigenvalue weighted by molar-refractivity contribution is 5.73. The SMILES string of the molecule is CC(C)(n1nc2ccccc2n1)C(C)(C)n1nc2ccccc2n1. The van der Waals surface area contributed by atoms with Crippen LogP contribution in [0.5, 0.6) is 0 Å². The zero-order chi connectivity index (χ0) is 16.9. The number of fused-ring (bicyclic) bond motifs is 2. The minimum absolute atomic E-state index is 0.430. The fourth-order valence-corrected chi connectivity index (χ4v) is 2.71. The third-order valence-electron chi connectivity index (χ3n) is 5.07. The Balaban J connectivity index is 1.83. The normalized spacial score (nSPS) is 13.0. The molecule has 0 N–H and O–H groups in total. The summed E-state index contributed by atoms with van der Waals surface area (Å²) in [6, 6.07) is 15.8. The number of hydrogen-bond donors (Lipinski definition) is 0. The van der Waals surface area contributed by atoms with Crippen molar-refractivity contribution < 1.29 is 0 Å². The van der Waals surface area contributed by atoms with Gasteiger partial charge in [-0.3, -0.25) is 0 Å².